The smallest absolute Gasteiger partial charge is 0.265 e. The highest BCUT2D eigenvalue weighted by atomic mass is 32.2. The number of benzene rings is 3. The number of nitrogens with two attached hydrogens (primary N) is 1. The maximum absolute atomic E-state index is 13.2. The van der Waals surface area contributed by atoms with Gasteiger partial charge in [0.1, 0.15) is 0 Å². The van der Waals surface area contributed by atoms with Crippen molar-refractivity contribution in [3.8, 4) is 0 Å². The van der Waals surface area contributed by atoms with E-state index in [0.717, 1.165) is 27.1 Å². The fourth-order valence-electron chi connectivity index (χ4n) is 4.16. The van der Waals surface area contributed by atoms with Crippen LogP contribution in [-0.4, -0.2) is 31.8 Å². The second kappa shape index (κ2) is 10.4. The van der Waals surface area contributed by atoms with Crippen molar-refractivity contribution in [2.75, 3.05) is 6.54 Å². The zero-order valence-corrected chi connectivity index (χ0v) is 20.3. The van der Waals surface area contributed by atoms with Gasteiger partial charge in [-0.25, -0.2) is 8.42 Å². The van der Waals surface area contributed by atoms with Gasteiger partial charge in [-0.05, 0) is 35.9 Å². The molecule has 1 aliphatic rings. The van der Waals surface area contributed by atoms with Gasteiger partial charge in [-0.1, -0.05) is 66.2 Å². The molecule has 0 saturated carbocycles. The molecule has 8 nitrogen and oxygen atoms in total. The predicted octanol–water partition coefficient (Wildman–Crippen LogP) is 2.75. The third-order valence-electron chi connectivity index (χ3n) is 6.15. The molecule has 0 unspecified atom stereocenters. The summed E-state index contributed by atoms with van der Waals surface area (Å²) in [5.41, 5.74) is 8.67. The third-order valence-corrected chi connectivity index (χ3v) is 7.55. The van der Waals surface area contributed by atoms with Gasteiger partial charge in [0.05, 0.1) is 11.3 Å². The Morgan fingerprint density at radius 2 is 1.69 bits per heavy atom. The van der Waals surface area contributed by atoms with Crippen LogP contribution in [0.25, 0.3) is 10.8 Å². The van der Waals surface area contributed by atoms with Gasteiger partial charge in [0.15, 0.2) is 0 Å². The van der Waals surface area contributed by atoms with Crippen LogP contribution in [0.2, 0.25) is 0 Å². The summed E-state index contributed by atoms with van der Waals surface area (Å²) in [5.74, 6) is -0.839. The molecule has 0 atom stereocenters. The van der Waals surface area contributed by atoms with E-state index in [1.165, 1.54) is 6.07 Å². The maximum Gasteiger partial charge on any atom is 0.265 e. The van der Waals surface area contributed by atoms with Gasteiger partial charge in [-0.15, -0.1) is 4.83 Å². The quantitative estimate of drug-likeness (QED) is 0.446. The van der Waals surface area contributed by atoms with Crippen LogP contribution in [0.15, 0.2) is 82.8 Å². The van der Waals surface area contributed by atoms with Crippen LogP contribution < -0.4 is 15.9 Å². The Morgan fingerprint density at radius 3 is 2.46 bits per heavy atom. The van der Waals surface area contributed by atoms with Crippen LogP contribution in [-0.2, 0) is 32.7 Å². The fraction of sp³-hybridized carbons (Fsp3) is 0.231. The Kier molecular flexibility index (Phi) is 7.30. The number of sulfonamides is 1. The minimum absolute atomic E-state index is 0.0903. The molecule has 0 radical (unpaired) electrons. The number of amides is 2. The Balaban J connectivity index is 1.46. The molecule has 1 heterocycles. The van der Waals surface area contributed by atoms with Crippen LogP contribution in [0.3, 0.4) is 0 Å². The molecule has 0 spiro atoms. The van der Waals surface area contributed by atoms with E-state index in [9.17, 15) is 18.0 Å². The molecule has 0 aromatic heterocycles. The molecule has 0 fully saturated rings. The lowest BCUT2D eigenvalue weighted by Gasteiger charge is -2.29. The first-order chi connectivity index (χ1) is 16.8. The number of fused-ring (bicyclic) bond motifs is 1. The second-order valence-corrected chi connectivity index (χ2v) is 10.1. The highest BCUT2D eigenvalue weighted by Gasteiger charge is 2.30. The molecule has 3 aromatic carbocycles. The average molecular weight is 493 g/mol. The summed E-state index contributed by atoms with van der Waals surface area (Å²) in [6.45, 7) is 2.63. The standard InChI is InChI=1S/C26H28N4O4S/c1-18-13-14-30(29-35(33,34)24-12-6-10-19-7-4-5-11-22(19)24)26(32)23(18)15-25(31)28-17-21-9-3-2-8-20(21)16-27/h2-12,29H,13-17,27H2,1H3,(H,28,31). The largest absolute Gasteiger partial charge is 0.352 e. The molecule has 182 valence electrons. The number of carbonyl (C=O) groups excluding carboxylic acids is 2. The predicted molar refractivity (Wildman–Crippen MR) is 134 cm³/mol. The van der Waals surface area contributed by atoms with Crippen molar-refractivity contribution < 1.29 is 18.0 Å². The molecule has 9 heteroatoms. The van der Waals surface area contributed by atoms with E-state index in [2.05, 4.69) is 10.1 Å². The van der Waals surface area contributed by atoms with Gasteiger partial charge < -0.3 is 11.1 Å². The minimum atomic E-state index is -4.02. The fourth-order valence-corrected chi connectivity index (χ4v) is 5.46. The Bertz CT molecular complexity index is 1410. The van der Waals surface area contributed by atoms with E-state index >= 15 is 0 Å². The van der Waals surface area contributed by atoms with Gasteiger partial charge in [0.2, 0.25) is 5.91 Å². The first-order valence-corrected chi connectivity index (χ1v) is 12.8. The maximum atomic E-state index is 13.2. The van der Waals surface area contributed by atoms with E-state index < -0.39 is 15.9 Å². The molecule has 3 aromatic rings. The Morgan fingerprint density at radius 1 is 1.00 bits per heavy atom. The van der Waals surface area contributed by atoms with E-state index in [1.54, 1.807) is 25.1 Å². The molecular weight excluding hydrogens is 464 g/mol. The first-order valence-electron chi connectivity index (χ1n) is 11.3. The van der Waals surface area contributed by atoms with Gasteiger partial charge in [0, 0.05) is 30.6 Å². The lowest BCUT2D eigenvalue weighted by Crippen LogP contribution is -2.49. The molecule has 2 amide bonds. The van der Waals surface area contributed by atoms with Crippen LogP contribution in [0.5, 0.6) is 0 Å². The summed E-state index contributed by atoms with van der Waals surface area (Å²) in [6.07, 6.45) is 0.324. The monoisotopic (exact) mass is 492 g/mol. The van der Waals surface area contributed by atoms with Crippen molar-refractivity contribution in [1.82, 2.24) is 15.2 Å². The van der Waals surface area contributed by atoms with Gasteiger partial charge in [-0.3, -0.25) is 14.6 Å². The summed E-state index contributed by atoms with van der Waals surface area (Å²) in [7, 11) is -4.02. The summed E-state index contributed by atoms with van der Waals surface area (Å²) in [4.78, 5) is 28.3. The molecular formula is C26H28N4O4S. The van der Waals surface area contributed by atoms with E-state index in [0.29, 0.717) is 30.5 Å². The molecule has 4 rings (SSSR count). The second-order valence-electron chi connectivity index (χ2n) is 8.46. The minimum Gasteiger partial charge on any atom is -0.352 e. The third kappa shape index (κ3) is 5.43. The van der Waals surface area contributed by atoms with E-state index in [1.807, 2.05) is 42.5 Å². The average Bonchev–Trinajstić information content (AvgIpc) is 2.86. The van der Waals surface area contributed by atoms with Crippen molar-refractivity contribution in [1.29, 1.82) is 0 Å². The molecule has 35 heavy (non-hydrogen) atoms. The number of hydrogen-bond acceptors (Lipinski definition) is 5. The summed E-state index contributed by atoms with van der Waals surface area (Å²) in [5, 5.41) is 5.26. The van der Waals surface area contributed by atoms with Crippen molar-refractivity contribution >= 4 is 32.6 Å². The Hall–Kier alpha value is -3.53. The Labute approximate surface area is 204 Å². The van der Waals surface area contributed by atoms with Crippen molar-refractivity contribution in [3.05, 3.63) is 89.0 Å². The molecule has 1 aliphatic heterocycles. The highest BCUT2D eigenvalue weighted by molar-refractivity contribution is 7.89. The van der Waals surface area contributed by atoms with Gasteiger partial charge in [-0.2, -0.15) is 0 Å². The zero-order valence-electron chi connectivity index (χ0n) is 19.5. The number of rotatable bonds is 8. The van der Waals surface area contributed by atoms with E-state index in [4.69, 9.17) is 5.73 Å². The van der Waals surface area contributed by atoms with Crippen LogP contribution in [0.1, 0.15) is 30.9 Å². The first kappa shape index (κ1) is 24.6. The topological polar surface area (TPSA) is 122 Å². The summed E-state index contributed by atoms with van der Waals surface area (Å²) in [6, 6.07) is 19.7. The molecule has 4 N–H and O–H groups in total. The highest BCUT2D eigenvalue weighted by Crippen LogP contribution is 2.25. The van der Waals surface area contributed by atoms with Crippen LogP contribution >= 0.6 is 0 Å². The number of carbonyl (C=O) groups is 2. The van der Waals surface area contributed by atoms with E-state index in [-0.39, 0.29) is 23.8 Å². The lowest BCUT2D eigenvalue weighted by molar-refractivity contribution is -0.131. The molecule has 0 aliphatic carbocycles. The van der Waals surface area contributed by atoms with Gasteiger partial charge >= 0.3 is 0 Å². The SMILES string of the molecule is CC1=C(CC(=O)NCc2ccccc2CN)C(=O)N(NS(=O)(=O)c2cccc3ccccc23)CC1. The van der Waals surface area contributed by atoms with Crippen molar-refractivity contribution in [2.45, 2.75) is 37.8 Å². The van der Waals surface area contributed by atoms with Crippen molar-refractivity contribution in [2.24, 2.45) is 5.73 Å². The molecule has 0 bridgehead atoms. The van der Waals surface area contributed by atoms with Crippen LogP contribution in [0, 0.1) is 0 Å². The van der Waals surface area contributed by atoms with Crippen molar-refractivity contribution in [3.63, 3.8) is 0 Å². The number of hydrazine groups is 1. The summed E-state index contributed by atoms with van der Waals surface area (Å²) >= 11 is 0. The van der Waals surface area contributed by atoms with Gasteiger partial charge in [0.25, 0.3) is 15.9 Å². The van der Waals surface area contributed by atoms with Crippen LogP contribution in [0.4, 0.5) is 0 Å². The summed E-state index contributed by atoms with van der Waals surface area (Å²) < 4.78 is 26.4. The molecule has 0 saturated heterocycles. The number of nitrogens with one attached hydrogen (secondary N) is 2. The number of nitrogens with zero attached hydrogens (tertiary/aromatic N) is 1. The lowest BCUT2D eigenvalue weighted by atomic mass is 9.98. The normalized spacial score (nSPS) is 14.5. The number of hydrogen-bond donors (Lipinski definition) is 3. The zero-order chi connectivity index (χ0) is 25.0.